The first kappa shape index (κ1) is 18.1. The minimum Gasteiger partial charge on any atom is -0.365 e. The van der Waals surface area contributed by atoms with Crippen LogP contribution in [0, 0.1) is 0 Å². The molecule has 4 aromatic rings. The molecule has 0 spiro atoms. The lowest BCUT2D eigenvalue weighted by atomic mass is 9.99. The summed E-state index contributed by atoms with van der Waals surface area (Å²) in [5.41, 5.74) is 8.44. The number of benzene rings is 2. The predicted octanol–water partition coefficient (Wildman–Crippen LogP) is 3.75. The van der Waals surface area contributed by atoms with Gasteiger partial charge in [0.05, 0.1) is 0 Å². The van der Waals surface area contributed by atoms with Gasteiger partial charge in [-0.3, -0.25) is 19.9 Å². The molecule has 2 amide bonds. The molecule has 7 heteroatoms. The Morgan fingerprint density at radius 1 is 0.862 bits per heavy atom. The number of primary amides is 1. The number of carbonyl (C=O) groups is 2. The van der Waals surface area contributed by atoms with Gasteiger partial charge in [0.25, 0.3) is 11.8 Å². The number of aromatic nitrogens is 2. The van der Waals surface area contributed by atoms with Crippen LogP contribution in [0.4, 0.5) is 5.88 Å². The Kier molecular flexibility index (Phi) is 4.86. The Balaban J connectivity index is 1.71. The van der Waals surface area contributed by atoms with Crippen LogP contribution in [0.2, 0.25) is 0 Å². The third kappa shape index (κ3) is 3.61. The molecule has 2 aromatic heterocycles. The standard InChI is InChI=1S/C22H16N4O3/c23-20(27)18-19(15-10-12-24-13-11-15)26-29-22(18)25-21(28)17-9-5-4-8-16(17)14-6-2-1-3-7-14/h1-13H,(H2,23,27)(H,25,28). The van der Waals surface area contributed by atoms with Crippen molar-refractivity contribution in [2.75, 3.05) is 5.32 Å². The van der Waals surface area contributed by atoms with E-state index in [0.29, 0.717) is 11.1 Å². The second-order valence-corrected chi connectivity index (χ2v) is 6.20. The van der Waals surface area contributed by atoms with Crippen molar-refractivity contribution in [1.82, 2.24) is 10.1 Å². The molecule has 2 aromatic carbocycles. The van der Waals surface area contributed by atoms with Gasteiger partial charge in [-0.2, -0.15) is 0 Å². The maximum atomic E-state index is 13.0. The molecule has 3 N–H and O–H groups in total. The molecule has 4 rings (SSSR count). The summed E-state index contributed by atoms with van der Waals surface area (Å²) in [6.07, 6.45) is 3.12. The lowest BCUT2D eigenvalue weighted by molar-refractivity contribution is 0.100. The predicted molar refractivity (Wildman–Crippen MR) is 108 cm³/mol. The van der Waals surface area contributed by atoms with Gasteiger partial charge in [-0.1, -0.05) is 53.7 Å². The minimum atomic E-state index is -0.760. The van der Waals surface area contributed by atoms with E-state index in [0.717, 1.165) is 11.1 Å². The number of hydrogen-bond donors (Lipinski definition) is 2. The Labute approximate surface area is 166 Å². The molecule has 29 heavy (non-hydrogen) atoms. The molecule has 0 aliphatic rings. The minimum absolute atomic E-state index is 0.00161. The summed E-state index contributed by atoms with van der Waals surface area (Å²) < 4.78 is 5.25. The number of nitrogens with one attached hydrogen (secondary N) is 1. The SMILES string of the molecule is NC(=O)c1c(-c2ccncc2)noc1NC(=O)c1ccccc1-c1ccccc1. The van der Waals surface area contributed by atoms with Crippen molar-refractivity contribution in [2.24, 2.45) is 5.73 Å². The second kappa shape index (κ2) is 7.77. The highest BCUT2D eigenvalue weighted by Crippen LogP contribution is 2.30. The zero-order valence-electron chi connectivity index (χ0n) is 15.2. The number of anilines is 1. The van der Waals surface area contributed by atoms with Crippen molar-refractivity contribution >= 4 is 17.7 Å². The van der Waals surface area contributed by atoms with Gasteiger partial charge in [-0.25, -0.2) is 0 Å². The number of carbonyl (C=O) groups excluding carboxylic acids is 2. The highest BCUT2D eigenvalue weighted by Gasteiger charge is 2.24. The van der Waals surface area contributed by atoms with E-state index in [2.05, 4.69) is 15.5 Å². The largest absolute Gasteiger partial charge is 0.365 e. The number of nitrogens with two attached hydrogens (primary N) is 1. The van der Waals surface area contributed by atoms with Gasteiger partial charge >= 0.3 is 0 Å². The summed E-state index contributed by atoms with van der Waals surface area (Å²) in [5.74, 6) is -1.30. The van der Waals surface area contributed by atoms with Crippen molar-refractivity contribution in [1.29, 1.82) is 0 Å². The first-order valence-corrected chi connectivity index (χ1v) is 8.81. The number of pyridine rings is 1. The van der Waals surface area contributed by atoms with Crippen LogP contribution in [0.5, 0.6) is 0 Å². The van der Waals surface area contributed by atoms with Gasteiger partial charge in [0.1, 0.15) is 11.3 Å². The second-order valence-electron chi connectivity index (χ2n) is 6.20. The van der Waals surface area contributed by atoms with E-state index in [1.165, 1.54) is 0 Å². The van der Waals surface area contributed by atoms with Crippen LogP contribution < -0.4 is 11.1 Å². The average molecular weight is 384 g/mol. The third-order valence-corrected chi connectivity index (χ3v) is 4.38. The number of rotatable bonds is 5. The van der Waals surface area contributed by atoms with Crippen LogP contribution in [0.1, 0.15) is 20.7 Å². The summed E-state index contributed by atoms with van der Waals surface area (Å²) in [7, 11) is 0. The monoisotopic (exact) mass is 384 g/mol. The lowest BCUT2D eigenvalue weighted by Gasteiger charge is -2.09. The molecule has 0 atom stereocenters. The fourth-order valence-corrected chi connectivity index (χ4v) is 3.03. The van der Waals surface area contributed by atoms with E-state index in [9.17, 15) is 9.59 Å². The molecule has 0 saturated carbocycles. The summed E-state index contributed by atoms with van der Waals surface area (Å²) in [5, 5.41) is 6.54. The van der Waals surface area contributed by atoms with Crippen LogP contribution >= 0.6 is 0 Å². The van der Waals surface area contributed by atoms with Crippen molar-refractivity contribution in [3.05, 3.63) is 90.3 Å². The molecule has 0 aliphatic heterocycles. The van der Waals surface area contributed by atoms with Crippen LogP contribution in [-0.4, -0.2) is 22.0 Å². The number of hydrogen-bond acceptors (Lipinski definition) is 5. The fourth-order valence-electron chi connectivity index (χ4n) is 3.03. The van der Waals surface area contributed by atoms with Gasteiger partial charge < -0.3 is 10.3 Å². The summed E-state index contributed by atoms with van der Waals surface area (Å²) in [4.78, 5) is 28.9. The maximum absolute atomic E-state index is 13.0. The summed E-state index contributed by atoms with van der Waals surface area (Å²) in [6.45, 7) is 0. The van der Waals surface area contributed by atoms with Gasteiger partial charge in [-0.15, -0.1) is 0 Å². The van der Waals surface area contributed by atoms with E-state index in [1.54, 1.807) is 36.7 Å². The molecule has 0 fully saturated rings. The Morgan fingerprint density at radius 2 is 1.55 bits per heavy atom. The van der Waals surface area contributed by atoms with Gasteiger partial charge in [0.15, 0.2) is 0 Å². The van der Waals surface area contributed by atoms with E-state index in [4.69, 9.17) is 10.3 Å². The Morgan fingerprint density at radius 3 is 2.28 bits per heavy atom. The van der Waals surface area contributed by atoms with Crippen molar-refractivity contribution in [3.8, 4) is 22.4 Å². The molecular formula is C22H16N4O3. The van der Waals surface area contributed by atoms with Crippen LogP contribution in [0.25, 0.3) is 22.4 Å². The molecule has 0 bridgehead atoms. The Hall–Kier alpha value is -4.26. The quantitative estimate of drug-likeness (QED) is 0.544. The maximum Gasteiger partial charge on any atom is 0.258 e. The summed E-state index contributed by atoms with van der Waals surface area (Å²) >= 11 is 0. The molecule has 0 unspecified atom stereocenters. The first-order valence-electron chi connectivity index (χ1n) is 8.81. The van der Waals surface area contributed by atoms with Gasteiger partial charge in [0, 0.05) is 23.5 Å². The van der Waals surface area contributed by atoms with E-state index in [-0.39, 0.29) is 17.1 Å². The molecule has 2 heterocycles. The molecule has 0 radical (unpaired) electrons. The first-order chi connectivity index (χ1) is 14.1. The lowest BCUT2D eigenvalue weighted by Crippen LogP contribution is -2.18. The van der Waals surface area contributed by atoms with Crippen LogP contribution in [-0.2, 0) is 0 Å². The molecular weight excluding hydrogens is 368 g/mol. The van der Waals surface area contributed by atoms with Crippen molar-refractivity contribution < 1.29 is 14.1 Å². The highest BCUT2D eigenvalue weighted by molar-refractivity contribution is 6.12. The highest BCUT2D eigenvalue weighted by atomic mass is 16.5. The topological polar surface area (TPSA) is 111 Å². The van der Waals surface area contributed by atoms with Crippen molar-refractivity contribution in [2.45, 2.75) is 0 Å². The van der Waals surface area contributed by atoms with E-state index < -0.39 is 11.8 Å². The average Bonchev–Trinajstić information content (AvgIpc) is 3.19. The van der Waals surface area contributed by atoms with Gasteiger partial charge in [-0.05, 0) is 29.3 Å². The van der Waals surface area contributed by atoms with E-state index >= 15 is 0 Å². The summed E-state index contributed by atoms with van der Waals surface area (Å²) in [6, 6.07) is 20.0. The normalized spacial score (nSPS) is 10.5. The molecule has 0 aliphatic carbocycles. The Bertz CT molecular complexity index is 1170. The van der Waals surface area contributed by atoms with Gasteiger partial charge in [0.2, 0.25) is 5.88 Å². The number of amides is 2. The smallest absolute Gasteiger partial charge is 0.258 e. The molecule has 0 saturated heterocycles. The zero-order chi connectivity index (χ0) is 20.2. The number of nitrogens with zero attached hydrogens (tertiary/aromatic N) is 2. The fraction of sp³-hybridized carbons (Fsp3) is 0. The molecule has 7 nitrogen and oxygen atoms in total. The van der Waals surface area contributed by atoms with Crippen molar-refractivity contribution in [3.63, 3.8) is 0 Å². The zero-order valence-corrected chi connectivity index (χ0v) is 15.2. The third-order valence-electron chi connectivity index (χ3n) is 4.38. The van der Waals surface area contributed by atoms with Crippen LogP contribution in [0.15, 0.2) is 83.6 Å². The van der Waals surface area contributed by atoms with E-state index in [1.807, 2.05) is 42.5 Å². The molecule has 142 valence electrons. The van der Waals surface area contributed by atoms with Crippen LogP contribution in [0.3, 0.4) is 0 Å².